The minimum Gasteiger partial charge on any atom is -0.496 e. The van der Waals surface area contributed by atoms with Gasteiger partial charge in [0.15, 0.2) is 0 Å². The summed E-state index contributed by atoms with van der Waals surface area (Å²) < 4.78 is 11.0. The highest BCUT2D eigenvalue weighted by Gasteiger charge is 2.28. The van der Waals surface area contributed by atoms with Crippen molar-refractivity contribution in [3.63, 3.8) is 0 Å². The molecular formula is C22H25N3O4. The van der Waals surface area contributed by atoms with Crippen LogP contribution in [0, 0.1) is 17.2 Å². The highest BCUT2D eigenvalue weighted by molar-refractivity contribution is 5.80. The number of nitriles is 1. The van der Waals surface area contributed by atoms with Crippen molar-refractivity contribution < 1.29 is 19.4 Å². The van der Waals surface area contributed by atoms with Crippen LogP contribution in [-0.2, 0) is 29.0 Å². The second-order valence-corrected chi connectivity index (χ2v) is 7.15. The van der Waals surface area contributed by atoms with E-state index in [1.807, 2.05) is 25.1 Å². The van der Waals surface area contributed by atoms with Gasteiger partial charge < -0.3 is 20.3 Å². The summed E-state index contributed by atoms with van der Waals surface area (Å²) in [5, 5.41) is 19.0. The number of benzene rings is 1. The van der Waals surface area contributed by atoms with Crippen molar-refractivity contribution in [2.45, 2.75) is 39.2 Å². The fourth-order valence-electron chi connectivity index (χ4n) is 3.96. The van der Waals surface area contributed by atoms with Crippen LogP contribution in [0.15, 0.2) is 18.2 Å². The molecule has 152 valence electrons. The number of pyridine rings is 1. The molecule has 1 unspecified atom stereocenters. The number of aryl methyl sites for hydroxylation is 1. The van der Waals surface area contributed by atoms with E-state index in [0.717, 1.165) is 34.4 Å². The number of methoxy groups -OCH3 is 1. The number of ether oxygens (including phenoxy) is 2. The average molecular weight is 395 g/mol. The van der Waals surface area contributed by atoms with Gasteiger partial charge in [0.05, 0.1) is 13.7 Å². The van der Waals surface area contributed by atoms with E-state index in [0.29, 0.717) is 37.4 Å². The van der Waals surface area contributed by atoms with Gasteiger partial charge in [-0.3, -0.25) is 4.79 Å². The number of rotatable bonds is 7. The number of carboxylic acid groups (broad SMARTS) is 1. The molecule has 3 rings (SSSR count). The zero-order valence-electron chi connectivity index (χ0n) is 16.7. The van der Waals surface area contributed by atoms with Crippen LogP contribution in [0.1, 0.15) is 42.1 Å². The predicted molar refractivity (Wildman–Crippen MR) is 108 cm³/mol. The Morgan fingerprint density at radius 3 is 2.90 bits per heavy atom. The minimum absolute atomic E-state index is 0.0110. The molecule has 7 nitrogen and oxygen atoms in total. The van der Waals surface area contributed by atoms with Gasteiger partial charge in [0.25, 0.3) is 0 Å². The van der Waals surface area contributed by atoms with Crippen molar-refractivity contribution in [2.24, 2.45) is 5.92 Å². The van der Waals surface area contributed by atoms with Crippen molar-refractivity contribution in [1.29, 1.82) is 5.26 Å². The van der Waals surface area contributed by atoms with E-state index in [1.165, 1.54) is 0 Å². The number of carboxylic acids is 1. The topological polar surface area (TPSA) is 118 Å². The second-order valence-electron chi connectivity index (χ2n) is 7.15. The Morgan fingerprint density at radius 2 is 2.24 bits per heavy atom. The van der Waals surface area contributed by atoms with Gasteiger partial charge in [-0.2, -0.15) is 5.26 Å². The smallest absolute Gasteiger partial charge is 0.303 e. The standard InChI is InChI=1S/C22H25N3O4/c1-3-29-12-15-10-14(5-7-19(15)28-2)21-16-8-13(9-20(26)27)4-6-18(16)25-22(24)17(21)11-23/h5,7,10,13H,3-4,6,8-9,12H2,1-2H3,(H2,24,25)(H,26,27). The molecule has 0 amide bonds. The van der Waals surface area contributed by atoms with Gasteiger partial charge in [-0.15, -0.1) is 0 Å². The summed E-state index contributed by atoms with van der Waals surface area (Å²) in [5.41, 5.74) is 10.6. The van der Waals surface area contributed by atoms with Crippen LogP contribution in [-0.4, -0.2) is 29.8 Å². The van der Waals surface area contributed by atoms with E-state index in [2.05, 4.69) is 11.1 Å². The number of aliphatic carboxylic acids is 1. The lowest BCUT2D eigenvalue weighted by Crippen LogP contribution is -2.21. The van der Waals surface area contributed by atoms with Gasteiger partial charge in [-0.05, 0) is 55.4 Å². The number of hydrogen-bond donors (Lipinski definition) is 2. The van der Waals surface area contributed by atoms with Crippen LogP contribution < -0.4 is 10.5 Å². The van der Waals surface area contributed by atoms with Gasteiger partial charge in [0, 0.05) is 29.8 Å². The SMILES string of the molecule is CCOCc1cc(-c2c(C#N)c(N)nc3c2CC(CC(=O)O)CC3)ccc1OC. The molecule has 0 aliphatic heterocycles. The maximum atomic E-state index is 11.2. The Bertz CT molecular complexity index is 966. The van der Waals surface area contributed by atoms with Crippen molar-refractivity contribution >= 4 is 11.8 Å². The lowest BCUT2D eigenvalue weighted by atomic mass is 9.80. The number of nitrogen functional groups attached to an aromatic ring is 1. The summed E-state index contributed by atoms with van der Waals surface area (Å²) in [7, 11) is 1.61. The fraction of sp³-hybridized carbons (Fsp3) is 0.409. The molecule has 2 aromatic rings. The molecule has 1 aromatic heterocycles. The number of hydrogen-bond acceptors (Lipinski definition) is 6. The van der Waals surface area contributed by atoms with Crippen molar-refractivity contribution in [2.75, 3.05) is 19.5 Å². The average Bonchev–Trinajstić information content (AvgIpc) is 2.70. The highest BCUT2D eigenvalue weighted by Crippen LogP contribution is 2.39. The van der Waals surface area contributed by atoms with Crippen molar-refractivity contribution in [1.82, 2.24) is 4.98 Å². The number of aromatic nitrogens is 1. The summed E-state index contributed by atoms with van der Waals surface area (Å²) in [6.45, 7) is 2.89. The molecule has 7 heteroatoms. The zero-order valence-corrected chi connectivity index (χ0v) is 16.7. The lowest BCUT2D eigenvalue weighted by molar-refractivity contribution is -0.138. The Morgan fingerprint density at radius 1 is 1.45 bits per heavy atom. The van der Waals surface area contributed by atoms with E-state index in [9.17, 15) is 15.2 Å². The lowest BCUT2D eigenvalue weighted by Gasteiger charge is -2.26. The summed E-state index contributed by atoms with van der Waals surface area (Å²) in [6, 6.07) is 7.89. The predicted octanol–water partition coefficient (Wildman–Crippen LogP) is 3.33. The summed E-state index contributed by atoms with van der Waals surface area (Å²) in [4.78, 5) is 15.7. The van der Waals surface area contributed by atoms with E-state index in [4.69, 9.17) is 15.2 Å². The van der Waals surface area contributed by atoms with Crippen molar-refractivity contribution in [3.05, 3.63) is 40.6 Å². The highest BCUT2D eigenvalue weighted by atomic mass is 16.5. The molecule has 1 atom stereocenters. The van der Waals surface area contributed by atoms with Gasteiger partial charge in [0.1, 0.15) is 23.2 Å². The van der Waals surface area contributed by atoms with Gasteiger partial charge >= 0.3 is 5.97 Å². The third kappa shape index (κ3) is 4.33. The molecular weight excluding hydrogens is 370 g/mol. The molecule has 1 aromatic carbocycles. The van der Waals surface area contributed by atoms with Crippen LogP contribution in [0.4, 0.5) is 5.82 Å². The molecule has 1 heterocycles. The third-order valence-electron chi connectivity index (χ3n) is 5.30. The van der Waals surface area contributed by atoms with Crippen LogP contribution >= 0.6 is 0 Å². The molecule has 1 aliphatic carbocycles. The van der Waals surface area contributed by atoms with E-state index >= 15 is 0 Å². The summed E-state index contributed by atoms with van der Waals surface area (Å²) >= 11 is 0. The van der Waals surface area contributed by atoms with E-state index in [-0.39, 0.29) is 18.2 Å². The maximum Gasteiger partial charge on any atom is 0.303 e. The molecule has 1 aliphatic rings. The van der Waals surface area contributed by atoms with Crippen LogP contribution in [0.25, 0.3) is 11.1 Å². The second kappa shape index (κ2) is 8.93. The first-order chi connectivity index (χ1) is 14.0. The monoisotopic (exact) mass is 395 g/mol. The van der Waals surface area contributed by atoms with E-state index in [1.54, 1.807) is 7.11 Å². The number of nitrogens with zero attached hydrogens (tertiary/aromatic N) is 2. The van der Waals surface area contributed by atoms with Gasteiger partial charge in [-0.25, -0.2) is 4.98 Å². The molecule has 0 spiro atoms. The number of anilines is 1. The van der Waals surface area contributed by atoms with Gasteiger partial charge in [-0.1, -0.05) is 6.07 Å². The molecule has 0 radical (unpaired) electrons. The molecule has 29 heavy (non-hydrogen) atoms. The number of nitrogens with two attached hydrogens (primary N) is 1. The largest absolute Gasteiger partial charge is 0.496 e. The minimum atomic E-state index is -0.813. The Hall–Kier alpha value is -3.11. The summed E-state index contributed by atoms with van der Waals surface area (Å²) in [6.07, 6.45) is 2.06. The first kappa shape index (κ1) is 20.6. The molecule has 0 fully saturated rings. The van der Waals surface area contributed by atoms with Crippen LogP contribution in [0.5, 0.6) is 5.75 Å². The number of carbonyl (C=O) groups is 1. The summed E-state index contributed by atoms with van der Waals surface area (Å²) in [5.74, 6) is 0.115. The maximum absolute atomic E-state index is 11.2. The normalized spacial score (nSPS) is 15.4. The Balaban J connectivity index is 2.15. The Kier molecular flexibility index (Phi) is 6.35. The zero-order chi connectivity index (χ0) is 21.0. The first-order valence-corrected chi connectivity index (χ1v) is 9.66. The third-order valence-corrected chi connectivity index (χ3v) is 5.30. The number of fused-ring (bicyclic) bond motifs is 1. The quantitative estimate of drug-likeness (QED) is 0.738. The molecule has 0 saturated heterocycles. The van der Waals surface area contributed by atoms with Gasteiger partial charge in [0.2, 0.25) is 0 Å². The molecule has 0 bridgehead atoms. The Labute approximate surface area is 170 Å². The van der Waals surface area contributed by atoms with Crippen LogP contribution in [0.3, 0.4) is 0 Å². The van der Waals surface area contributed by atoms with Crippen molar-refractivity contribution in [3.8, 4) is 22.9 Å². The fourth-order valence-corrected chi connectivity index (χ4v) is 3.96. The van der Waals surface area contributed by atoms with Crippen LogP contribution in [0.2, 0.25) is 0 Å². The molecule has 0 saturated carbocycles. The van der Waals surface area contributed by atoms with E-state index < -0.39 is 5.97 Å². The molecule has 3 N–H and O–H groups in total. The first-order valence-electron chi connectivity index (χ1n) is 9.66.